The van der Waals surface area contributed by atoms with Crippen LogP contribution in [0, 0.1) is 0 Å². The van der Waals surface area contributed by atoms with Crippen molar-refractivity contribution in [3.05, 3.63) is 60.2 Å². The summed E-state index contributed by atoms with van der Waals surface area (Å²) in [6, 6.07) is 18.3. The summed E-state index contributed by atoms with van der Waals surface area (Å²) in [6.45, 7) is 1.04. The molecule has 1 unspecified atom stereocenters. The minimum atomic E-state index is -0.796. The maximum Gasteiger partial charge on any atom is 0.115 e. The second kappa shape index (κ2) is 4.56. The van der Waals surface area contributed by atoms with Crippen LogP contribution in [0.4, 0.5) is 0 Å². The lowest BCUT2D eigenvalue weighted by atomic mass is 9.91. The van der Waals surface area contributed by atoms with Crippen LogP contribution in [0.15, 0.2) is 54.6 Å². The first kappa shape index (κ1) is 11.5. The summed E-state index contributed by atoms with van der Waals surface area (Å²) in [5, 5.41) is 10.4. The van der Waals surface area contributed by atoms with E-state index < -0.39 is 5.60 Å². The molecule has 1 atom stereocenters. The Morgan fingerprint density at radius 2 is 1.56 bits per heavy atom. The van der Waals surface area contributed by atoms with Gasteiger partial charge in [-0.2, -0.15) is 0 Å². The lowest BCUT2D eigenvalue weighted by Gasteiger charge is -2.21. The van der Waals surface area contributed by atoms with E-state index in [1.165, 1.54) is 11.1 Å². The maximum atomic E-state index is 10.4. The third kappa shape index (κ3) is 2.05. The third-order valence-corrected chi connectivity index (χ3v) is 3.53. The molecule has 2 heteroatoms. The zero-order chi connectivity index (χ0) is 12.4. The molecule has 18 heavy (non-hydrogen) atoms. The van der Waals surface area contributed by atoms with Crippen LogP contribution in [-0.2, 0) is 10.3 Å². The normalized spacial score (nSPS) is 23.2. The lowest BCUT2D eigenvalue weighted by molar-refractivity contribution is 0.0232. The molecule has 0 spiro atoms. The molecular formula is C16H16O2. The fourth-order valence-corrected chi connectivity index (χ4v) is 2.39. The molecule has 2 nitrogen and oxygen atoms in total. The molecule has 0 amide bonds. The standard InChI is InChI=1S/C16H16O2/c17-16(10-11-18-12-16)15-8-6-14(7-9-15)13-4-2-1-3-5-13/h1-9,17H,10-12H2. The predicted molar refractivity (Wildman–Crippen MR) is 71.2 cm³/mol. The van der Waals surface area contributed by atoms with Gasteiger partial charge in [-0.1, -0.05) is 54.6 Å². The summed E-state index contributed by atoms with van der Waals surface area (Å²) < 4.78 is 5.28. The first-order chi connectivity index (χ1) is 8.78. The van der Waals surface area contributed by atoms with Gasteiger partial charge >= 0.3 is 0 Å². The number of rotatable bonds is 2. The van der Waals surface area contributed by atoms with Crippen LogP contribution in [0.2, 0.25) is 0 Å². The van der Waals surface area contributed by atoms with Gasteiger partial charge in [0.05, 0.1) is 6.61 Å². The van der Waals surface area contributed by atoms with Crippen molar-refractivity contribution in [2.45, 2.75) is 12.0 Å². The Kier molecular flexibility index (Phi) is 2.90. The van der Waals surface area contributed by atoms with E-state index in [0.717, 1.165) is 5.56 Å². The molecular weight excluding hydrogens is 224 g/mol. The van der Waals surface area contributed by atoms with E-state index >= 15 is 0 Å². The maximum absolute atomic E-state index is 10.4. The van der Waals surface area contributed by atoms with E-state index in [1.54, 1.807) is 0 Å². The van der Waals surface area contributed by atoms with E-state index in [9.17, 15) is 5.11 Å². The molecule has 1 N–H and O–H groups in total. The molecule has 1 saturated heterocycles. The molecule has 2 aromatic carbocycles. The van der Waals surface area contributed by atoms with Crippen molar-refractivity contribution >= 4 is 0 Å². The van der Waals surface area contributed by atoms with Crippen LogP contribution in [-0.4, -0.2) is 18.3 Å². The minimum Gasteiger partial charge on any atom is -0.383 e. The van der Waals surface area contributed by atoms with Gasteiger partial charge in [0.2, 0.25) is 0 Å². The molecule has 0 bridgehead atoms. The Bertz CT molecular complexity index is 511. The summed E-state index contributed by atoms with van der Waals surface area (Å²) in [6.07, 6.45) is 0.678. The molecule has 3 rings (SSSR count). The number of hydrogen-bond acceptors (Lipinski definition) is 2. The fraction of sp³-hybridized carbons (Fsp3) is 0.250. The third-order valence-electron chi connectivity index (χ3n) is 3.53. The highest BCUT2D eigenvalue weighted by Gasteiger charge is 2.33. The highest BCUT2D eigenvalue weighted by molar-refractivity contribution is 5.63. The van der Waals surface area contributed by atoms with Crippen molar-refractivity contribution in [1.29, 1.82) is 0 Å². The Morgan fingerprint density at radius 3 is 2.17 bits per heavy atom. The fourth-order valence-electron chi connectivity index (χ4n) is 2.39. The van der Waals surface area contributed by atoms with Gasteiger partial charge in [0.1, 0.15) is 5.60 Å². The summed E-state index contributed by atoms with van der Waals surface area (Å²) in [5.41, 5.74) is 2.51. The largest absolute Gasteiger partial charge is 0.383 e. The number of ether oxygens (including phenoxy) is 1. The molecule has 0 radical (unpaired) electrons. The highest BCUT2D eigenvalue weighted by atomic mass is 16.5. The SMILES string of the molecule is OC1(c2ccc(-c3ccccc3)cc2)CCOC1. The van der Waals surface area contributed by atoms with Crippen molar-refractivity contribution < 1.29 is 9.84 Å². The molecule has 2 aromatic rings. The van der Waals surface area contributed by atoms with Gasteiger partial charge in [-0.05, 0) is 16.7 Å². The molecule has 1 aliphatic heterocycles. The van der Waals surface area contributed by atoms with Crippen LogP contribution in [0.5, 0.6) is 0 Å². The average Bonchev–Trinajstić information content (AvgIpc) is 2.88. The summed E-state index contributed by atoms with van der Waals surface area (Å²) in [5.74, 6) is 0. The first-order valence-electron chi connectivity index (χ1n) is 6.24. The van der Waals surface area contributed by atoms with Gasteiger partial charge < -0.3 is 9.84 Å². The zero-order valence-electron chi connectivity index (χ0n) is 10.2. The van der Waals surface area contributed by atoms with Crippen molar-refractivity contribution in [2.24, 2.45) is 0 Å². The topological polar surface area (TPSA) is 29.5 Å². The van der Waals surface area contributed by atoms with E-state index in [-0.39, 0.29) is 0 Å². The zero-order valence-corrected chi connectivity index (χ0v) is 10.2. The Hall–Kier alpha value is -1.64. The Morgan fingerprint density at radius 1 is 0.889 bits per heavy atom. The van der Waals surface area contributed by atoms with Crippen LogP contribution in [0.1, 0.15) is 12.0 Å². The minimum absolute atomic E-state index is 0.400. The lowest BCUT2D eigenvalue weighted by Crippen LogP contribution is -2.25. The van der Waals surface area contributed by atoms with Gasteiger partial charge in [-0.25, -0.2) is 0 Å². The van der Waals surface area contributed by atoms with Crippen LogP contribution in [0.3, 0.4) is 0 Å². The van der Waals surface area contributed by atoms with Crippen molar-refractivity contribution in [1.82, 2.24) is 0 Å². The number of hydrogen-bond donors (Lipinski definition) is 1. The van der Waals surface area contributed by atoms with E-state index in [0.29, 0.717) is 19.6 Å². The van der Waals surface area contributed by atoms with Gasteiger partial charge in [0.15, 0.2) is 0 Å². The molecule has 92 valence electrons. The second-order valence-electron chi connectivity index (χ2n) is 4.78. The first-order valence-corrected chi connectivity index (χ1v) is 6.24. The van der Waals surface area contributed by atoms with E-state index in [1.807, 2.05) is 30.3 Å². The van der Waals surface area contributed by atoms with Gasteiger partial charge in [-0.15, -0.1) is 0 Å². The Labute approximate surface area is 107 Å². The van der Waals surface area contributed by atoms with Gasteiger partial charge in [0.25, 0.3) is 0 Å². The molecule has 1 heterocycles. The Balaban J connectivity index is 1.90. The van der Waals surface area contributed by atoms with E-state index in [4.69, 9.17) is 4.74 Å². The quantitative estimate of drug-likeness (QED) is 0.874. The van der Waals surface area contributed by atoms with E-state index in [2.05, 4.69) is 24.3 Å². The molecule has 0 aromatic heterocycles. The number of benzene rings is 2. The van der Waals surface area contributed by atoms with Crippen LogP contribution >= 0.6 is 0 Å². The van der Waals surface area contributed by atoms with Crippen molar-refractivity contribution in [3.8, 4) is 11.1 Å². The van der Waals surface area contributed by atoms with Crippen molar-refractivity contribution in [2.75, 3.05) is 13.2 Å². The molecule has 0 saturated carbocycles. The smallest absolute Gasteiger partial charge is 0.115 e. The van der Waals surface area contributed by atoms with Crippen LogP contribution < -0.4 is 0 Å². The molecule has 1 fully saturated rings. The highest BCUT2D eigenvalue weighted by Crippen LogP contribution is 2.31. The summed E-state index contributed by atoms with van der Waals surface area (Å²) in [7, 11) is 0. The second-order valence-corrected chi connectivity index (χ2v) is 4.78. The average molecular weight is 240 g/mol. The van der Waals surface area contributed by atoms with Crippen LogP contribution in [0.25, 0.3) is 11.1 Å². The molecule has 0 aliphatic carbocycles. The monoisotopic (exact) mass is 240 g/mol. The summed E-state index contributed by atoms with van der Waals surface area (Å²) in [4.78, 5) is 0. The molecule has 1 aliphatic rings. The van der Waals surface area contributed by atoms with Crippen molar-refractivity contribution in [3.63, 3.8) is 0 Å². The number of aliphatic hydroxyl groups is 1. The predicted octanol–water partition coefficient (Wildman–Crippen LogP) is 2.96. The van der Waals surface area contributed by atoms with Gasteiger partial charge in [-0.3, -0.25) is 0 Å². The van der Waals surface area contributed by atoms with Gasteiger partial charge in [0, 0.05) is 13.0 Å². The summed E-state index contributed by atoms with van der Waals surface area (Å²) >= 11 is 0.